The lowest BCUT2D eigenvalue weighted by Crippen LogP contribution is -2.53. The number of aryl methyl sites for hydroxylation is 1. The number of Topliss-reactive ketones (excluding diaryl/α,β-unsaturated/α-hetero) is 2. The van der Waals surface area contributed by atoms with Gasteiger partial charge in [-0.05, 0) is 65.7 Å². The SMILES string of the molecule is COc1ccc(F)cc1[C@H](Cn1c(=O)n(C(C)(C)C(=O)CC(C)C)c(=O)c2c(C)c(-n3nccn3)sc21)OC(C)(C)C(C)=O. The van der Waals surface area contributed by atoms with Crippen molar-refractivity contribution >= 4 is 33.1 Å². The van der Waals surface area contributed by atoms with Gasteiger partial charge in [0.05, 0.1) is 31.4 Å². The highest BCUT2D eigenvalue weighted by molar-refractivity contribution is 7.21. The Balaban J connectivity index is 2.08. The minimum absolute atomic E-state index is 0.00385. The molecule has 0 N–H and O–H groups in total. The Morgan fingerprint density at radius 1 is 1.09 bits per heavy atom. The van der Waals surface area contributed by atoms with Crippen molar-refractivity contribution in [2.24, 2.45) is 5.92 Å². The summed E-state index contributed by atoms with van der Waals surface area (Å²) in [6.45, 7) is 12.9. The van der Waals surface area contributed by atoms with Gasteiger partial charge in [-0.2, -0.15) is 10.2 Å². The second-order valence-corrected chi connectivity index (χ2v) is 13.2. The highest BCUT2D eigenvalue weighted by Gasteiger charge is 2.37. The molecule has 3 aromatic heterocycles. The molecule has 0 aliphatic carbocycles. The van der Waals surface area contributed by atoms with Gasteiger partial charge >= 0.3 is 5.69 Å². The molecular formula is C31H38FN5O6S. The number of ether oxygens (including phenoxy) is 2. The Morgan fingerprint density at radius 3 is 2.30 bits per heavy atom. The first-order valence-corrected chi connectivity index (χ1v) is 15.0. The number of ketones is 2. The average Bonchev–Trinajstić information content (AvgIpc) is 3.58. The number of carbonyl (C=O) groups is 2. The van der Waals surface area contributed by atoms with Crippen molar-refractivity contribution in [3.63, 3.8) is 0 Å². The normalized spacial score (nSPS) is 13.1. The van der Waals surface area contributed by atoms with Gasteiger partial charge in [-0.25, -0.2) is 13.8 Å². The summed E-state index contributed by atoms with van der Waals surface area (Å²) in [5.41, 5.74) is -3.43. The third-order valence-electron chi connectivity index (χ3n) is 7.79. The molecular weight excluding hydrogens is 589 g/mol. The van der Waals surface area contributed by atoms with E-state index in [0.29, 0.717) is 10.6 Å². The fraction of sp³-hybridized carbons (Fsp3) is 0.484. The van der Waals surface area contributed by atoms with E-state index in [0.717, 1.165) is 15.9 Å². The van der Waals surface area contributed by atoms with Crippen LogP contribution in [0.1, 0.15) is 72.1 Å². The van der Waals surface area contributed by atoms with Crippen molar-refractivity contribution in [2.75, 3.05) is 7.11 Å². The van der Waals surface area contributed by atoms with Crippen LogP contribution < -0.4 is 16.0 Å². The van der Waals surface area contributed by atoms with Crippen molar-refractivity contribution in [2.45, 2.75) is 85.6 Å². The fourth-order valence-electron chi connectivity index (χ4n) is 5.01. The maximum Gasteiger partial charge on any atom is 0.333 e. The molecule has 0 aliphatic heterocycles. The first-order valence-electron chi connectivity index (χ1n) is 14.2. The Hall–Kier alpha value is -3.97. The van der Waals surface area contributed by atoms with E-state index in [4.69, 9.17) is 9.47 Å². The van der Waals surface area contributed by atoms with Crippen LogP contribution in [0.5, 0.6) is 5.75 Å². The predicted octanol–water partition coefficient (Wildman–Crippen LogP) is 4.74. The van der Waals surface area contributed by atoms with Gasteiger partial charge in [-0.3, -0.25) is 19.0 Å². The molecule has 13 heteroatoms. The Kier molecular flexibility index (Phi) is 9.13. The number of hydrogen-bond donors (Lipinski definition) is 0. The Morgan fingerprint density at radius 2 is 1.73 bits per heavy atom. The van der Waals surface area contributed by atoms with Crippen LogP contribution in [0.4, 0.5) is 4.39 Å². The lowest BCUT2D eigenvalue weighted by atomic mass is 9.91. The van der Waals surface area contributed by atoms with E-state index in [2.05, 4.69) is 10.2 Å². The molecule has 0 saturated carbocycles. The average molecular weight is 628 g/mol. The van der Waals surface area contributed by atoms with Crippen LogP contribution >= 0.6 is 11.3 Å². The summed E-state index contributed by atoms with van der Waals surface area (Å²) in [5, 5.41) is 9.14. The Bertz CT molecular complexity index is 1830. The van der Waals surface area contributed by atoms with Crippen molar-refractivity contribution in [3.05, 3.63) is 68.4 Å². The lowest BCUT2D eigenvalue weighted by molar-refractivity contribution is -0.147. The number of fused-ring (bicyclic) bond motifs is 1. The van der Waals surface area contributed by atoms with Gasteiger partial charge in [-0.15, -0.1) is 4.80 Å². The summed E-state index contributed by atoms with van der Waals surface area (Å²) in [7, 11) is 1.42. The second kappa shape index (κ2) is 12.2. The van der Waals surface area contributed by atoms with Crippen molar-refractivity contribution in [3.8, 4) is 10.8 Å². The zero-order valence-electron chi connectivity index (χ0n) is 26.4. The molecule has 0 fully saturated rings. The number of nitrogens with zero attached hydrogens (tertiary/aromatic N) is 5. The molecule has 0 radical (unpaired) electrons. The lowest BCUT2D eigenvalue weighted by Gasteiger charge is -2.31. The molecule has 3 heterocycles. The maximum absolute atomic E-state index is 14.6. The van der Waals surface area contributed by atoms with E-state index in [1.165, 1.54) is 54.0 Å². The molecule has 0 unspecified atom stereocenters. The molecule has 0 aliphatic rings. The predicted molar refractivity (Wildman–Crippen MR) is 165 cm³/mol. The zero-order chi connectivity index (χ0) is 32.7. The Labute approximate surface area is 258 Å². The summed E-state index contributed by atoms with van der Waals surface area (Å²) in [6.07, 6.45) is 2.05. The van der Waals surface area contributed by atoms with Gasteiger partial charge in [0.25, 0.3) is 5.56 Å². The number of methoxy groups -OCH3 is 1. The number of hydrogen-bond acceptors (Lipinski definition) is 9. The topological polar surface area (TPSA) is 127 Å². The molecule has 4 aromatic rings. The van der Waals surface area contributed by atoms with E-state index in [9.17, 15) is 23.6 Å². The molecule has 4 rings (SSSR count). The molecule has 1 atom stereocenters. The van der Waals surface area contributed by atoms with Crippen molar-refractivity contribution in [1.82, 2.24) is 24.1 Å². The molecule has 0 spiro atoms. The van der Waals surface area contributed by atoms with Crippen LogP contribution in [0.25, 0.3) is 15.2 Å². The summed E-state index contributed by atoms with van der Waals surface area (Å²) in [5.74, 6) is -0.867. The van der Waals surface area contributed by atoms with E-state index in [1.54, 1.807) is 34.6 Å². The quantitative estimate of drug-likeness (QED) is 0.221. The van der Waals surface area contributed by atoms with Crippen LogP contribution in [0, 0.1) is 18.7 Å². The van der Waals surface area contributed by atoms with Crippen LogP contribution in [0.15, 0.2) is 40.2 Å². The smallest absolute Gasteiger partial charge is 0.333 e. The zero-order valence-corrected chi connectivity index (χ0v) is 27.2. The first kappa shape index (κ1) is 32.9. The van der Waals surface area contributed by atoms with Gasteiger partial charge in [0.15, 0.2) is 11.6 Å². The molecule has 1 aromatic carbocycles. The van der Waals surface area contributed by atoms with Crippen LogP contribution in [-0.2, 0) is 26.4 Å². The molecule has 11 nitrogen and oxygen atoms in total. The third-order valence-corrected chi connectivity index (χ3v) is 9.08. The highest BCUT2D eigenvalue weighted by Crippen LogP contribution is 2.36. The van der Waals surface area contributed by atoms with E-state index in [-0.39, 0.29) is 52.0 Å². The van der Waals surface area contributed by atoms with Gasteiger partial charge in [0, 0.05) is 17.5 Å². The number of rotatable bonds is 12. The monoisotopic (exact) mass is 627 g/mol. The van der Waals surface area contributed by atoms with Gasteiger partial charge in [0.2, 0.25) is 0 Å². The van der Waals surface area contributed by atoms with Crippen LogP contribution in [-0.4, -0.2) is 48.4 Å². The molecule has 0 saturated heterocycles. The number of carbonyl (C=O) groups excluding carboxylic acids is 2. The largest absolute Gasteiger partial charge is 0.496 e. The van der Waals surface area contributed by atoms with Crippen LogP contribution in [0.2, 0.25) is 0 Å². The van der Waals surface area contributed by atoms with Gasteiger partial charge < -0.3 is 9.47 Å². The van der Waals surface area contributed by atoms with Gasteiger partial charge in [-0.1, -0.05) is 25.2 Å². The minimum atomic E-state index is -1.50. The minimum Gasteiger partial charge on any atom is -0.496 e. The fourth-order valence-corrected chi connectivity index (χ4v) is 6.23. The van der Waals surface area contributed by atoms with E-state index in [1.807, 2.05) is 13.8 Å². The summed E-state index contributed by atoms with van der Waals surface area (Å²) < 4.78 is 28.8. The summed E-state index contributed by atoms with van der Waals surface area (Å²) >= 11 is 1.12. The maximum atomic E-state index is 14.6. The second-order valence-electron chi connectivity index (χ2n) is 12.2. The summed E-state index contributed by atoms with van der Waals surface area (Å²) in [4.78, 5) is 56.3. The number of benzene rings is 1. The van der Waals surface area contributed by atoms with E-state index < -0.39 is 34.3 Å². The van der Waals surface area contributed by atoms with Gasteiger partial charge in [0.1, 0.15) is 38.6 Å². The van der Waals surface area contributed by atoms with E-state index >= 15 is 0 Å². The summed E-state index contributed by atoms with van der Waals surface area (Å²) in [6, 6.07) is 3.90. The number of halogens is 1. The van der Waals surface area contributed by atoms with Crippen molar-refractivity contribution < 1.29 is 23.5 Å². The third kappa shape index (κ3) is 6.03. The standard InChI is InChI=1S/C31H38FN5O6S/c1-17(2)14-24(39)30(5,6)36-26(40)25-18(3)27(37-33-12-13-34-37)44-28(25)35(29(36)41)16-23(43-31(7,8)19(4)38)21-15-20(32)10-11-22(21)42-9/h10-13,15,17,23H,14,16H2,1-9H3/t23-/m0/s1. The molecule has 44 heavy (non-hydrogen) atoms. The first-order chi connectivity index (χ1) is 20.5. The number of thiophene rings is 1. The van der Waals surface area contributed by atoms with Crippen molar-refractivity contribution in [1.29, 1.82) is 0 Å². The highest BCUT2D eigenvalue weighted by atomic mass is 32.1. The molecule has 0 bridgehead atoms. The van der Waals surface area contributed by atoms with Crippen LogP contribution in [0.3, 0.4) is 0 Å². The molecule has 0 amide bonds. The molecule has 236 valence electrons. The number of aromatic nitrogens is 5.